The van der Waals surface area contributed by atoms with Gasteiger partial charge >= 0.3 is 5.97 Å². The fourth-order valence-electron chi connectivity index (χ4n) is 2.62. The van der Waals surface area contributed by atoms with Gasteiger partial charge in [0, 0.05) is 26.3 Å². The maximum atomic E-state index is 11.2. The number of carboxylic acid groups (broad SMARTS) is 1. The maximum Gasteiger partial charge on any atom is 0.320 e. The molecule has 5 heteroatoms. The van der Waals surface area contributed by atoms with E-state index in [-0.39, 0.29) is 11.4 Å². The van der Waals surface area contributed by atoms with Crippen LogP contribution in [0.4, 0.5) is 5.69 Å². The zero-order valence-electron chi connectivity index (χ0n) is 11.9. The van der Waals surface area contributed by atoms with E-state index in [0.717, 1.165) is 30.6 Å². The number of anilines is 1. The third-order valence-electron chi connectivity index (χ3n) is 3.81. The Balaban J connectivity index is 2.00. The van der Waals surface area contributed by atoms with Crippen molar-refractivity contribution >= 4 is 23.3 Å². The van der Waals surface area contributed by atoms with E-state index in [9.17, 15) is 9.90 Å². The number of carbonyl (C=O) groups is 1. The number of alkyl halides is 1. The Hall–Kier alpha value is -1.26. The van der Waals surface area contributed by atoms with Gasteiger partial charge in [-0.3, -0.25) is 9.69 Å². The summed E-state index contributed by atoms with van der Waals surface area (Å²) in [4.78, 5) is 15.2. The lowest BCUT2D eigenvalue weighted by Crippen LogP contribution is -2.37. The second kappa shape index (κ2) is 6.46. The lowest BCUT2D eigenvalue weighted by molar-refractivity contribution is -0.142. The molecular weight excluding hydrogens is 276 g/mol. The van der Waals surface area contributed by atoms with Crippen LogP contribution in [-0.2, 0) is 4.79 Å². The number of carboxylic acids is 1. The minimum absolute atomic E-state index is 0.175. The van der Waals surface area contributed by atoms with E-state index in [0.29, 0.717) is 6.54 Å². The van der Waals surface area contributed by atoms with Crippen LogP contribution in [0.25, 0.3) is 0 Å². The van der Waals surface area contributed by atoms with Gasteiger partial charge in [-0.2, -0.15) is 0 Å². The van der Waals surface area contributed by atoms with Crippen LogP contribution in [0.3, 0.4) is 0 Å². The van der Waals surface area contributed by atoms with Crippen LogP contribution in [0.5, 0.6) is 0 Å². The van der Waals surface area contributed by atoms with Crippen LogP contribution in [0.2, 0.25) is 0 Å². The number of likely N-dealkylation sites (tertiary alicyclic amines) is 1. The zero-order chi connectivity index (χ0) is 14.7. The van der Waals surface area contributed by atoms with Crippen LogP contribution in [-0.4, -0.2) is 49.2 Å². The maximum absolute atomic E-state index is 11.2. The molecule has 20 heavy (non-hydrogen) atoms. The predicted octanol–water partition coefficient (Wildman–Crippen LogP) is 2.58. The number of benzene rings is 1. The first-order valence-corrected chi connectivity index (χ1v) is 7.31. The number of halogens is 1. The predicted molar refractivity (Wildman–Crippen MR) is 81.6 cm³/mol. The largest absolute Gasteiger partial charge is 0.480 e. The van der Waals surface area contributed by atoms with Crippen LogP contribution in [0.1, 0.15) is 23.8 Å². The molecule has 4 nitrogen and oxygen atoms in total. The Labute approximate surface area is 124 Å². The SMILES string of the molecule is CN(C)c1ccc(C(Cl)CN2CCCC2C(=O)O)cc1. The Kier molecular flexibility index (Phi) is 4.89. The van der Waals surface area contributed by atoms with E-state index in [4.69, 9.17) is 11.6 Å². The van der Waals surface area contributed by atoms with Crippen molar-refractivity contribution in [3.05, 3.63) is 29.8 Å². The van der Waals surface area contributed by atoms with Crippen molar-refractivity contribution in [2.75, 3.05) is 32.1 Å². The average molecular weight is 297 g/mol. The molecule has 2 atom stereocenters. The molecule has 1 aromatic rings. The summed E-state index contributed by atoms with van der Waals surface area (Å²) in [7, 11) is 3.99. The monoisotopic (exact) mass is 296 g/mol. The quantitative estimate of drug-likeness (QED) is 0.848. The summed E-state index contributed by atoms with van der Waals surface area (Å²) in [6.07, 6.45) is 1.65. The lowest BCUT2D eigenvalue weighted by Gasteiger charge is -2.24. The average Bonchev–Trinajstić information content (AvgIpc) is 2.87. The highest BCUT2D eigenvalue weighted by atomic mass is 35.5. The Morgan fingerprint density at radius 3 is 2.65 bits per heavy atom. The molecule has 0 bridgehead atoms. The van der Waals surface area contributed by atoms with Gasteiger partial charge in [0.15, 0.2) is 0 Å². The first kappa shape index (κ1) is 15.1. The van der Waals surface area contributed by atoms with Crippen molar-refractivity contribution < 1.29 is 9.90 Å². The number of rotatable bonds is 5. The summed E-state index contributed by atoms with van der Waals surface area (Å²) in [6.45, 7) is 1.40. The molecule has 0 spiro atoms. The summed E-state index contributed by atoms with van der Waals surface area (Å²) in [5, 5.41) is 9.00. The van der Waals surface area contributed by atoms with Crippen molar-refractivity contribution in [1.82, 2.24) is 4.90 Å². The summed E-state index contributed by atoms with van der Waals surface area (Å²) in [5.41, 5.74) is 2.16. The molecule has 110 valence electrons. The first-order valence-electron chi connectivity index (χ1n) is 6.87. The highest BCUT2D eigenvalue weighted by molar-refractivity contribution is 6.21. The van der Waals surface area contributed by atoms with Gasteiger partial charge in [-0.1, -0.05) is 12.1 Å². The van der Waals surface area contributed by atoms with Gasteiger partial charge in [-0.25, -0.2) is 0 Å². The van der Waals surface area contributed by atoms with Crippen LogP contribution in [0, 0.1) is 0 Å². The molecule has 1 aliphatic rings. The standard InChI is InChI=1S/C15H21ClN2O2/c1-17(2)12-7-5-11(6-8-12)13(16)10-18-9-3-4-14(18)15(19)20/h5-8,13-14H,3-4,9-10H2,1-2H3,(H,19,20). The van der Waals surface area contributed by atoms with E-state index < -0.39 is 5.97 Å². The van der Waals surface area contributed by atoms with Crippen LogP contribution >= 0.6 is 11.6 Å². The number of hydrogen-bond donors (Lipinski definition) is 1. The van der Waals surface area contributed by atoms with E-state index in [1.807, 2.05) is 48.2 Å². The van der Waals surface area contributed by atoms with E-state index >= 15 is 0 Å². The Morgan fingerprint density at radius 2 is 2.10 bits per heavy atom. The van der Waals surface area contributed by atoms with Crippen molar-refractivity contribution in [1.29, 1.82) is 0 Å². The Bertz CT molecular complexity index is 461. The van der Waals surface area contributed by atoms with Gasteiger partial charge in [0.1, 0.15) is 6.04 Å². The molecule has 1 fully saturated rings. The molecular formula is C15H21ClN2O2. The lowest BCUT2D eigenvalue weighted by atomic mass is 10.1. The fourth-order valence-corrected chi connectivity index (χ4v) is 2.94. The third-order valence-corrected chi connectivity index (χ3v) is 4.20. The second-order valence-corrected chi connectivity index (χ2v) is 5.97. The van der Waals surface area contributed by atoms with Crippen molar-refractivity contribution in [3.8, 4) is 0 Å². The third kappa shape index (κ3) is 3.44. The van der Waals surface area contributed by atoms with Crippen LogP contribution in [0.15, 0.2) is 24.3 Å². The molecule has 0 amide bonds. The van der Waals surface area contributed by atoms with Gasteiger partial charge in [0.05, 0.1) is 5.38 Å². The minimum Gasteiger partial charge on any atom is -0.480 e. The molecule has 2 rings (SSSR count). The molecule has 1 aromatic carbocycles. The molecule has 1 saturated heterocycles. The van der Waals surface area contributed by atoms with E-state index in [2.05, 4.69) is 0 Å². The molecule has 1 N–H and O–H groups in total. The second-order valence-electron chi connectivity index (χ2n) is 5.44. The molecule has 1 aliphatic heterocycles. The number of aliphatic carboxylic acids is 1. The zero-order valence-corrected chi connectivity index (χ0v) is 12.7. The molecule has 2 unspecified atom stereocenters. The highest BCUT2D eigenvalue weighted by Gasteiger charge is 2.31. The van der Waals surface area contributed by atoms with Crippen molar-refractivity contribution in [2.45, 2.75) is 24.3 Å². The van der Waals surface area contributed by atoms with Gasteiger partial charge in [-0.15, -0.1) is 11.6 Å². The van der Waals surface area contributed by atoms with E-state index in [1.54, 1.807) is 0 Å². The minimum atomic E-state index is -0.741. The van der Waals surface area contributed by atoms with Gasteiger partial charge in [-0.05, 0) is 37.1 Å². The molecule has 0 saturated carbocycles. The van der Waals surface area contributed by atoms with Gasteiger partial charge in [0.25, 0.3) is 0 Å². The van der Waals surface area contributed by atoms with Gasteiger partial charge < -0.3 is 10.0 Å². The normalized spacial score (nSPS) is 20.9. The first-order chi connectivity index (χ1) is 9.49. The molecule has 0 aliphatic carbocycles. The highest BCUT2D eigenvalue weighted by Crippen LogP contribution is 2.27. The number of nitrogens with zero attached hydrogens (tertiary/aromatic N) is 2. The van der Waals surface area contributed by atoms with Crippen molar-refractivity contribution in [3.63, 3.8) is 0 Å². The number of hydrogen-bond acceptors (Lipinski definition) is 3. The van der Waals surface area contributed by atoms with Gasteiger partial charge in [0.2, 0.25) is 0 Å². The molecule has 0 radical (unpaired) electrons. The summed E-state index contributed by atoms with van der Waals surface area (Å²) >= 11 is 6.44. The Morgan fingerprint density at radius 1 is 1.45 bits per heavy atom. The van der Waals surface area contributed by atoms with E-state index in [1.165, 1.54) is 0 Å². The molecule has 0 aromatic heterocycles. The summed E-state index contributed by atoms with van der Waals surface area (Å²) < 4.78 is 0. The summed E-state index contributed by atoms with van der Waals surface area (Å²) in [6, 6.07) is 7.71. The topological polar surface area (TPSA) is 43.8 Å². The molecule has 1 heterocycles. The van der Waals surface area contributed by atoms with Crippen LogP contribution < -0.4 is 4.90 Å². The fraction of sp³-hybridized carbons (Fsp3) is 0.533. The smallest absolute Gasteiger partial charge is 0.320 e. The summed E-state index contributed by atoms with van der Waals surface area (Å²) in [5.74, 6) is -0.741. The van der Waals surface area contributed by atoms with Crippen molar-refractivity contribution in [2.24, 2.45) is 0 Å².